The van der Waals surface area contributed by atoms with Crippen molar-refractivity contribution in [3.63, 3.8) is 0 Å². The summed E-state index contributed by atoms with van der Waals surface area (Å²) in [6.45, 7) is 4.55. The fourth-order valence-corrected chi connectivity index (χ4v) is 2.34. The smallest absolute Gasteiger partial charge is 0.296 e. The second-order valence-electron chi connectivity index (χ2n) is 5.17. The Bertz CT molecular complexity index is 240. The number of rotatable bonds is 4. The van der Waals surface area contributed by atoms with Gasteiger partial charge in [-0.2, -0.15) is 13.2 Å². The number of piperazine rings is 1. The summed E-state index contributed by atoms with van der Waals surface area (Å²) in [5.41, 5.74) is -0.321. The first-order valence-electron chi connectivity index (χ1n) is 5.85. The van der Waals surface area contributed by atoms with E-state index in [-0.39, 0.29) is 12.2 Å². The molecule has 1 saturated heterocycles. The molecule has 0 radical (unpaired) electrons. The minimum Gasteiger partial charge on any atom is -0.296 e. The molecule has 2 nitrogen and oxygen atoms in total. The van der Waals surface area contributed by atoms with Crippen LogP contribution in [0.25, 0.3) is 0 Å². The Morgan fingerprint density at radius 3 is 2.29 bits per heavy atom. The summed E-state index contributed by atoms with van der Waals surface area (Å²) in [6.07, 6.45) is -3.69. The molecule has 1 aliphatic heterocycles. The molecule has 0 amide bonds. The van der Waals surface area contributed by atoms with Crippen molar-refractivity contribution in [2.45, 2.75) is 32.0 Å². The van der Waals surface area contributed by atoms with Crippen LogP contribution in [-0.2, 0) is 0 Å². The average Bonchev–Trinajstić information content (AvgIpc) is 2.12. The van der Waals surface area contributed by atoms with Gasteiger partial charge in [-0.05, 0) is 20.3 Å². The molecule has 0 aromatic heterocycles. The molecule has 0 N–H and O–H groups in total. The largest absolute Gasteiger partial charge is 0.401 e. The van der Waals surface area contributed by atoms with Crippen LogP contribution in [-0.4, -0.2) is 60.9 Å². The van der Waals surface area contributed by atoms with E-state index in [4.69, 9.17) is 0 Å². The van der Waals surface area contributed by atoms with Gasteiger partial charge in [0.25, 0.3) is 0 Å². The first kappa shape index (κ1) is 14.7. The van der Waals surface area contributed by atoms with Crippen molar-refractivity contribution in [3.8, 4) is 0 Å². The highest BCUT2D eigenvalue weighted by Crippen LogP contribution is 2.24. The van der Waals surface area contributed by atoms with Crippen LogP contribution in [0.4, 0.5) is 17.6 Å². The molecule has 1 heterocycles. The molecule has 0 atom stereocenters. The third-order valence-electron chi connectivity index (χ3n) is 3.12. The molecule has 1 fully saturated rings. The minimum absolute atomic E-state index is 0.321. The maximum absolute atomic E-state index is 12.3. The van der Waals surface area contributed by atoms with Crippen LogP contribution in [0, 0.1) is 0 Å². The molecule has 0 aliphatic carbocycles. The zero-order valence-electron chi connectivity index (χ0n) is 10.4. The quantitative estimate of drug-likeness (QED) is 0.712. The number of nitrogens with zero attached hydrogens (tertiary/aromatic N) is 2. The Labute approximate surface area is 99.6 Å². The van der Waals surface area contributed by atoms with Crippen LogP contribution in [0.3, 0.4) is 0 Å². The highest BCUT2D eigenvalue weighted by Gasteiger charge is 2.38. The monoisotopic (exact) mass is 256 g/mol. The third kappa shape index (κ3) is 4.79. The molecule has 0 saturated carbocycles. The molecule has 17 heavy (non-hydrogen) atoms. The summed E-state index contributed by atoms with van der Waals surface area (Å²) in [6, 6.07) is 0. The Balaban J connectivity index is 2.50. The number of halogens is 4. The molecule has 6 heteroatoms. The summed E-state index contributed by atoms with van der Waals surface area (Å²) in [5, 5.41) is 0. The Hall–Kier alpha value is -0.360. The number of hydrogen-bond donors (Lipinski definition) is 0. The van der Waals surface area contributed by atoms with Crippen LogP contribution in [0.2, 0.25) is 0 Å². The molecule has 0 bridgehead atoms. The van der Waals surface area contributed by atoms with E-state index in [1.54, 1.807) is 0 Å². The highest BCUT2D eigenvalue weighted by atomic mass is 19.4. The Kier molecular flexibility index (Phi) is 4.77. The first-order chi connectivity index (χ1) is 7.74. The maximum atomic E-state index is 12.3. The van der Waals surface area contributed by atoms with Gasteiger partial charge in [0.2, 0.25) is 0 Å². The van der Waals surface area contributed by atoms with E-state index in [1.165, 1.54) is 4.90 Å². The van der Waals surface area contributed by atoms with Gasteiger partial charge < -0.3 is 0 Å². The summed E-state index contributed by atoms with van der Waals surface area (Å²) in [7, 11) is 0. The maximum Gasteiger partial charge on any atom is 0.401 e. The van der Waals surface area contributed by atoms with Crippen molar-refractivity contribution in [1.29, 1.82) is 0 Å². The van der Waals surface area contributed by atoms with Gasteiger partial charge in [0, 0.05) is 31.7 Å². The standard InChI is InChI=1S/C11H20F4N2/c1-10(2)8-16(9-11(13,14)15)6-7-17(10)5-3-4-12/h3-9H2,1-2H3. The molecular formula is C11H20F4N2. The van der Waals surface area contributed by atoms with Gasteiger partial charge in [-0.3, -0.25) is 14.2 Å². The summed E-state index contributed by atoms with van der Waals surface area (Å²) in [4.78, 5) is 3.49. The van der Waals surface area contributed by atoms with E-state index in [0.717, 1.165) is 0 Å². The lowest BCUT2D eigenvalue weighted by atomic mass is 9.98. The molecule has 0 aromatic rings. The molecule has 0 spiro atoms. The Morgan fingerprint density at radius 2 is 1.82 bits per heavy atom. The molecule has 102 valence electrons. The number of hydrogen-bond acceptors (Lipinski definition) is 2. The van der Waals surface area contributed by atoms with E-state index in [2.05, 4.69) is 4.90 Å². The van der Waals surface area contributed by atoms with E-state index >= 15 is 0 Å². The van der Waals surface area contributed by atoms with Crippen molar-refractivity contribution in [2.75, 3.05) is 39.4 Å². The van der Waals surface area contributed by atoms with E-state index in [1.807, 2.05) is 13.8 Å². The van der Waals surface area contributed by atoms with Crippen LogP contribution >= 0.6 is 0 Å². The average molecular weight is 256 g/mol. The lowest BCUT2D eigenvalue weighted by Crippen LogP contribution is -2.60. The summed E-state index contributed by atoms with van der Waals surface area (Å²) in [5.74, 6) is 0. The van der Waals surface area contributed by atoms with Gasteiger partial charge in [-0.1, -0.05) is 0 Å². The zero-order valence-corrected chi connectivity index (χ0v) is 10.4. The van der Waals surface area contributed by atoms with Crippen LogP contribution < -0.4 is 0 Å². The van der Waals surface area contributed by atoms with Crippen LogP contribution in [0.1, 0.15) is 20.3 Å². The van der Waals surface area contributed by atoms with E-state index < -0.39 is 12.7 Å². The minimum atomic E-state index is -4.14. The molecule has 1 rings (SSSR count). The molecular weight excluding hydrogens is 236 g/mol. The molecule has 0 aromatic carbocycles. The normalized spacial score (nSPS) is 22.9. The van der Waals surface area contributed by atoms with Crippen LogP contribution in [0.15, 0.2) is 0 Å². The second kappa shape index (κ2) is 5.52. The summed E-state index contributed by atoms with van der Waals surface area (Å²) < 4.78 is 49.0. The highest BCUT2D eigenvalue weighted by molar-refractivity contribution is 4.90. The van der Waals surface area contributed by atoms with E-state index in [0.29, 0.717) is 32.6 Å². The van der Waals surface area contributed by atoms with Gasteiger partial charge in [-0.25, -0.2) is 0 Å². The van der Waals surface area contributed by atoms with Gasteiger partial charge >= 0.3 is 6.18 Å². The topological polar surface area (TPSA) is 6.48 Å². The zero-order chi connectivity index (χ0) is 13.1. The van der Waals surface area contributed by atoms with Crippen molar-refractivity contribution in [2.24, 2.45) is 0 Å². The van der Waals surface area contributed by atoms with Crippen molar-refractivity contribution >= 4 is 0 Å². The third-order valence-corrected chi connectivity index (χ3v) is 3.12. The van der Waals surface area contributed by atoms with Crippen molar-refractivity contribution in [1.82, 2.24) is 9.80 Å². The number of alkyl halides is 4. The van der Waals surface area contributed by atoms with Gasteiger partial charge in [-0.15, -0.1) is 0 Å². The SMILES string of the molecule is CC1(C)CN(CC(F)(F)F)CCN1CCCF. The fraction of sp³-hybridized carbons (Fsp3) is 1.00. The summed E-state index contributed by atoms with van der Waals surface area (Å²) >= 11 is 0. The fourth-order valence-electron chi connectivity index (χ4n) is 2.34. The van der Waals surface area contributed by atoms with E-state index in [9.17, 15) is 17.6 Å². The van der Waals surface area contributed by atoms with Crippen molar-refractivity contribution in [3.05, 3.63) is 0 Å². The first-order valence-corrected chi connectivity index (χ1v) is 5.85. The lowest BCUT2D eigenvalue weighted by Gasteiger charge is -2.47. The van der Waals surface area contributed by atoms with Gasteiger partial charge in [0.1, 0.15) is 0 Å². The van der Waals surface area contributed by atoms with Crippen LogP contribution in [0.5, 0.6) is 0 Å². The van der Waals surface area contributed by atoms with Gasteiger partial charge in [0.05, 0.1) is 13.2 Å². The van der Waals surface area contributed by atoms with Gasteiger partial charge in [0.15, 0.2) is 0 Å². The lowest BCUT2D eigenvalue weighted by molar-refractivity contribution is -0.155. The molecule has 0 unspecified atom stereocenters. The van der Waals surface area contributed by atoms with Crippen molar-refractivity contribution < 1.29 is 17.6 Å². The molecule has 1 aliphatic rings. The second-order valence-corrected chi connectivity index (χ2v) is 5.17. The Morgan fingerprint density at radius 1 is 1.18 bits per heavy atom. The predicted octanol–water partition coefficient (Wildman–Crippen LogP) is 2.30. The predicted molar refractivity (Wildman–Crippen MR) is 58.7 cm³/mol.